The Morgan fingerprint density at radius 3 is 2.82 bits per heavy atom. The van der Waals surface area contributed by atoms with Crippen LogP contribution >= 0.6 is 11.6 Å². The Morgan fingerprint density at radius 2 is 2.12 bits per heavy atom. The zero-order chi connectivity index (χ0) is 12.5. The molecule has 0 saturated heterocycles. The van der Waals surface area contributed by atoms with Crippen LogP contribution in [0.1, 0.15) is 45.4 Å². The molecule has 0 atom stereocenters. The fraction of sp³-hybridized carbons (Fsp3) is 0.583. The lowest BCUT2D eigenvalue weighted by molar-refractivity contribution is -0.116. The molecule has 1 amide bonds. The molecule has 4 nitrogen and oxygen atoms in total. The van der Waals surface area contributed by atoms with Crippen LogP contribution in [-0.2, 0) is 4.79 Å². The van der Waals surface area contributed by atoms with E-state index in [2.05, 4.69) is 22.2 Å². The molecule has 0 unspecified atom stereocenters. The third-order valence-electron chi connectivity index (χ3n) is 2.40. The van der Waals surface area contributed by atoms with Gasteiger partial charge in [0, 0.05) is 12.6 Å². The smallest absolute Gasteiger partial charge is 0.225 e. The molecule has 0 aliphatic rings. The van der Waals surface area contributed by atoms with Gasteiger partial charge >= 0.3 is 0 Å². The van der Waals surface area contributed by atoms with E-state index in [1.54, 1.807) is 6.07 Å². The van der Waals surface area contributed by atoms with Crippen molar-refractivity contribution in [3.05, 3.63) is 17.5 Å². The fourth-order valence-electron chi connectivity index (χ4n) is 1.50. The number of nitrogens with one attached hydrogen (secondary N) is 1. The van der Waals surface area contributed by atoms with E-state index in [0.717, 1.165) is 12.8 Å². The summed E-state index contributed by atoms with van der Waals surface area (Å²) in [5.41, 5.74) is 0. The van der Waals surface area contributed by atoms with Crippen molar-refractivity contribution in [3.8, 4) is 0 Å². The van der Waals surface area contributed by atoms with Crippen LogP contribution in [0.3, 0.4) is 0 Å². The first-order chi connectivity index (χ1) is 8.22. The van der Waals surface area contributed by atoms with Crippen LogP contribution in [-0.4, -0.2) is 15.9 Å². The molecular formula is C12H18ClN3O. The summed E-state index contributed by atoms with van der Waals surface area (Å²) in [6, 6.07) is 1.63. The lowest BCUT2D eigenvalue weighted by Gasteiger charge is -2.04. The second kappa shape index (κ2) is 8.01. The first-order valence-electron chi connectivity index (χ1n) is 6.00. The number of aromatic nitrogens is 2. The second-order valence-corrected chi connectivity index (χ2v) is 4.26. The average Bonchev–Trinajstić information content (AvgIpc) is 2.29. The molecule has 1 heterocycles. The number of rotatable bonds is 7. The summed E-state index contributed by atoms with van der Waals surface area (Å²) in [5, 5.41) is 2.84. The predicted molar refractivity (Wildman–Crippen MR) is 69.0 cm³/mol. The number of nitrogens with zero attached hydrogens (tertiary/aromatic N) is 2. The molecule has 1 N–H and O–H groups in total. The average molecular weight is 256 g/mol. The van der Waals surface area contributed by atoms with Crippen molar-refractivity contribution in [2.75, 3.05) is 5.32 Å². The van der Waals surface area contributed by atoms with E-state index >= 15 is 0 Å². The molecule has 0 aliphatic heterocycles. The molecule has 0 bridgehead atoms. The van der Waals surface area contributed by atoms with E-state index in [9.17, 15) is 4.79 Å². The highest BCUT2D eigenvalue weighted by Gasteiger charge is 2.03. The van der Waals surface area contributed by atoms with E-state index in [1.807, 2.05) is 0 Å². The molecule has 1 aromatic heterocycles. The summed E-state index contributed by atoms with van der Waals surface area (Å²) in [7, 11) is 0. The monoisotopic (exact) mass is 255 g/mol. The van der Waals surface area contributed by atoms with Crippen LogP contribution in [0.5, 0.6) is 0 Å². The number of hydrogen-bond acceptors (Lipinski definition) is 3. The summed E-state index contributed by atoms with van der Waals surface area (Å²) in [6.07, 6.45) is 7.73. The van der Waals surface area contributed by atoms with Crippen molar-refractivity contribution in [2.24, 2.45) is 0 Å². The molecule has 17 heavy (non-hydrogen) atoms. The van der Waals surface area contributed by atoms with E-state index in [4.69, 9.17) is 11.6 Å². The molecular weight excluding hydrogens is 238 g/mol. The number of halogens is 1. The number of unbranched alkanes of at least 4 members (excludes halogenated alkanes) is 4. The molecule has 0 radical (unpaired) electrons. The highest BCUT2D eigenvalue weighted by Crippen LogP contribution is 2.08. The van der Waals surface area contributed by atoms with Gasteiger partial charge in [0.2, 0.25) is 11.2 Å². The quantitative estimate of drug-likeness (QED) is 0.600. The Balaban J connectivity index is 2.21. The van der Waals surface area contributed by atoms with Crippen LogP contribution in [0.25, 0.3) is 0 Å². The van der Waals surface area contributed by atoms with Gasteiger partial charge in [0.1, 0.15) is 5.82 Å². The second-order valence-electron chi connectivity index (χ2n) is 3.92. The van der Waals surface area contributed by atoms with Gasteiger partial charge in [-0.3, -0.25) is 4.79 Å². The van der Waals surface area contributed by atoms with Gasteiger partial charge < -0.3 is 5.32 Å². The lowest BCUT2D eigenvalue weighted by Crippen LogP contribution is -2.12. The van der Waals surface area contributed by atoms with E-state index in [0.29, 0.717) is 12.2 Å². The summed E-state index contributed by atoms with van der Waals surface area (Å²) in [6.45, 7) is 2.17. The number of carbonyl (C=O) groups is 1. The minimum absolute atomic E-state index is 0.0173. The fourth-order valence-corrected chi connectivity index (χ4v) is 1.65. The lowest BCUT2D eigenvalue weighted by atomic mass is 10.1. The van der Waals surface area contributed by atoms with E-state index in [1.165, 1.54) is 25.5 Å². The predicted octanol–water partition coefficient (Wildman–Crippen LogP) is 3.43. The van der Waals surface area contributed by atoms with Crippen molar-refractivity contribution in [2.45, 2.75) is 45.4 Å². The SMILES string of the molecule is CCCCCCCC(=O)Nc1ccnc(Cl)n1. The van der Waals surface area contributed by atoms with Crippen molar-refractivity contribution >= 4 is 23.3 Å². The molecule has 0 saturated carbocycles. The van der Waals surface area contributed by atoms with Gasteiger partial charge in [0.15, 0.2) is 0 Å². The van der Waals surface area contributed by atoms with Crippen molar-refractivity contribution in [1.29, 1.82) is 0 Å². The number of anilines is 1. The highest BCUT2D eigenvalue weighted by molar-refractivity contribution is 6.28. The van der Waals surface area contributed by atoms with Crippen molar-refractivity contribution in [3.63, 3.8) is 0 Å². The first kappa shape index (κ1) is 13.9. The maximum atomic E-state index is 11.5. The largest absolute Gasteiger partial charge is 0.311 e. The molecule has 1 aromatic rings. The standard InChI is InChI=1S/C12H18ClN3O/c1-2-3-4-5-6-7-11(17)15-10-8-9-14-12(13)16-10/h8-9H,2-7H2,1H3,(H,14,15,16,17). The van der Waals surface area contributed by atoms with Gasteiger partial charge in [-0.1, -0.05) is 32.6 Å². The van der Waals surface area contributed by atoms with Crippen LogP contribution in [0, 0.1) is 0 Å². The Hall–Kier alpha value is -1.16. The van der Waals surface area contributed by atoms with Gasteiger partial charge in [0.05, 0.1) is 0 Å². The maximum absolute atomic E-state index is 11.5. The molecule has 94 valence electrons. The summed E-state index contributed by atoms with van der Waals surface area (Å²) >= 11 is 5.62. The Morgan fingerprint density at radius 1 is 1.35 bits per heavy atom. The molecule has 0 aliphatic carbocycles. The third-order valence-corrected chi connectivity index (χ3v) is 2.58. The minimum Gasteiger partial charge on any atom is -0.311 e. The Kier molecular flexibility index (Phi) is 6.55. The van der Waals surface area contributed by atoms with Gasteiger partial charge in [0.25, 0.3) is 0 Å². The van der Waals surface area contributed by atoms with Gasteiger partial charge in [-0.2, -0.15) is 0 Å². The number of amides is 1. The summed E-state index contributed by atoms with van der Waals surface area (Å²) in [5.74, 6) is 0.444. The number of carbonyl (C=O) groups excluding carboxylic acids is 1. The van der Waals surface area contributed by atoms with E-state index in [-0.39, 0.29) is 11.2 Å². The molecule has 0 fully saturated rings. The Labute approximate surface area is 107 Å². The summed E-state index contributed by atoms with van der Waals surface area (Å²) in [4.78, 5) is 19.2. The maximum Gasteiger partial charge on any atom is 0.225 e. The topological polar surface area (TPSA) is 54.9 Å². The van der Waals surface area contributed by atoms with Crippen LogP contribution in [0.15, 0.2) is 12.3 Å². The minimum atomic E-state index is -0.0173. The highest BCUT2D eigenvalue weighted by atomic mass is 35.5. The van der Waals surface area contributed by atoms with Crippen LogP contribution < -0.4 is 5.32 Å². The Bertz CT molecular complexity index is 357. The van der Waals surface area contributed by atoms with Crippen molar-refractivity contribution in [1.82, 2.24) is 9.97 Å². The van der Waals surface area contributed by atoms with Gasteiger partial charge in [-0.25, -0.2) is 9.97 Å². The van der Waals surface area contributed by atoms with E-state index < -0.39 is 0 Å². The molecule has 1 rings (SSSR count). The first-order valence-corrected chi connectivity index (χ1v) is 6.38. The van der Waals surface area contributed by atoms with Crippen LogP contribution in [0.4, 0.5) is 5.82 Å². The molecule has 5 heteroatoms. The zero-order valence-electron chi connectivity index (χ0n) is 10.1. The normalized spacial score (nSPS) is 10.2. The molecule has 0 spiro atoms. The van der Waals surface area contributed by atoms with Gasteiger partial charge in [-0.15, -0.1) is 0 Å². The van der Waals surface area contributed by atoms with Gasteiger partial charge in [-0.05, 0) is 24.1 Å². The summed E-state index contributed by atoms with van der Waals surface area (Å²) < 4.78 is 0. The van der Waals surface area contributed by atoms with Crippen molar-refractivity contribution < 1.29 is 4.79 Å². The van der Waals surface area contributed by atoms with Crippen LogP contribution in [0.2, 0.25) is 5.28 Å². The molecule has 0 aromatic carbocycles. The number of hydrogen-bond donors (Lipinski definition) is 1. The third kappa shape index (κ3) is 6.22. The zero-order valence-corrected chi connectivity index (χ0v) is 10.8.